The average molecular weight is 386 g/mol. The van der Waals surface area contributed by atoms with Crippen LogP contribution in [-0.4, -0.2) is 35.2 Å². The van der Waals surface area contributed by atoms with E-state index in [1.165, 1.54) is 24.2 Å². The quantitative estimate of drug-likeness (QED) is 0.610. The minimum Gasteiger partial charge on any atom is -0.478 e. The number of aliphatic hydroxyl groups is 1. The molecular weight excluding hydrogens is 364 g/mol. The van der Waals surface area contributed by atoms with Crippen LogP contribution < -0.4 is 10.6 Å². The number of benzene rings is 1. The lowest BCUT2D eigenvalue weighted by molar-refractivity contribution is 0.0697. The monoisotopic (exact) mass is 386 g/mol. The summed E-state index contributed by atoms with van der Waals surface area (Å²) in [5.74, 6) is -1.29. The van der Waals surface area contributed by atoms with Gasteiger partial charge in [0.05, 0.1) is 12.2 Å². The summed E-state index contributed by atoms with van der Waals surface area (Å²) in [5.41, 5.74) is 2.84. The second-order valence-corrected chi connectivity index (χ2v) is 8.48. The fraction of sp³-hybridized carbons (Fsp3) is 0.400. The number of aromatic carboxylic acids is 1. The standard InChI is InChI=1S/C20H22N2O4S/c23-10-9-21-13-3-1-12(2-4-13)17(24)22-18-16(19(25)26)14-5-6-20(7-8-20)11-15(14)27-18/h1-4,21,23H,5-11H2,(H,22,24)(H,25,26). The van der Waals surface area contributed by atoms with Gasteiger partial charge in [-0.15, -0.1) is 11.3 Å². The number of carboxylic acids is 1. The Morgan fingerprint density at radius 2 is 1.89 bits per heavy atom. The van der Waals surface area contributed by atoms with Crippen LogP contribution in [0.25, 0.3) is 0 Å². The van der Waals surface area contributed by atoms with Crippen LogP contribution >= 0.6 is 11.3 Å². The van der Waals surface area contributed by atoms with Crippen LogP contribution in [-0.2, 0) is 12.8 Å². The van der Waals surface area contributed by atoms with Crippen molar-refractivity contribution in [3.05, 3.63) is 45.8 Å². The lowest BCUT2D eigenvalue weighted by atomic mass is 9.85. The zero-order valence-electron chi connectivity index (χ0n) is 14.9. The van der Waals surface area contributed by atoms with Crippen molar-refractivity contribution < 1.29 is 19.8 Å². The highest BCUT2D eigenvalue weighted by Crippen LogP contribution is 2.57. The van der Waals surface area contributed by atoms with Crippen LogP contribution in [0.3, 0.4) is 0 Å². The first kappa shape index (κ1) is 18.0. The van der Waals surface area contributed by atoms with Crippen LogP contribution in [0.2, 0.25) is 0 Å². The van der Waals surface area contributed by atoms with Gasteiger partial charge in [0.15, 0.2) is 0 Å². The summed E-state index contributed by atoms with van der Waals surface area (Å²) < 4.78 is 0. The lowest BCUT2D eigenvalue weighted by Gasteiger charge is -2.21. The maximum absolute atomic E-state index is 12.6. The van der Waals surface area contributed by atoms with Crippen molar-refractivity contribution in [2.45, 2.75) is 32.1 Å². The molecule has 0 atom stereocenters. The third-order valence-electron chi connectivity index (χ3n) is 5.52. The summed E-state index contributed by atoms with van der Waals surface area (Å²) in [4.78, 5) is 25.6. The summed E-state index contributed by atoms with van der Waals surface area (Å²) in [6, 6.07) is 6.89. The molecule has 0 radical (unpaired) electrons. The smallest absolute Gasteiger partial charge is 0.339 e. The van der Waals surface area contributed by atoms with Crippen molar-refractivity contribution >= 4 is 33.9 Å². The minimum atomic E-state index is -0.974. The molecule has 1 saturated carbocycles. The second-order valence-electron chi connectivity index (χ2n) is 7.37. The maximum atomic E-state index is 12.6. The highest BCUT2D eigenvalue weighted by Gasteiger charge is 2.46. The largest absolute Gasteiger partial charge is 0.478 e. The summed E-state index contributed by atoms with van der Waals surface area (Å²) in [5, 5.41) is 24.8. The Hall–Kier alpha value is -2.38. The van der Waals surface area contributed by atoms with Gasteiger partial charge < -0.3 is 20.8 Å². The van der Waals surface area contributed by atoms with Crippen LogP contribution in [0, 0.1) is 5.41 Å². The predicted octanol–water partition coefficient (Wildman–Crippen LogP) is 3.37. The van der Waals surface area contributed by atoms with Crippen molar-refractivity contribution in [3.63, 3.8) is 0 Å². The van der Waals surface area contributed by atoms with E-state index >= 15 is 0 Å². The molecule has 0 saturated heterocycles. The SMILES string of the molecule is O=C(Nc1sc2c(c1C(=O)O)CCC1(CC1)C2)c1ccc(NCCO)cc1. The first-order valence-corrected chi connectivity index (χ1v) is 9.97. The molecule has 2 aliphatic carbocycles. The molecule has 1 amide bonds. The van der Waals surface area contributed by atoms with E-state index in [1.807, 2.05) is 0 Å². The zero-order valence-corrected chi connectivity index (χ0v) is 15.7. The second kappa shape index (κ2) is 6.98. The van der Waals surface area contributed by atoms with Gasteiger partial charge in [-0.2, -0.15) is 0 Å². The molecule has 7 heteroatoms. The highest BCUT2D eigenvalue weighted by molar-refractivity contribution is 7.17. The number of carboxylic acid groups (broad SMARTS) is 1. The van der Waals surface area contributed by atoms with Crippen LogP contribution in [0.15, 0.2) is 24.3 Å². The zero-order chi connectivity index (χ0) is 19.0. The van der Waals surface area contributed by atoms with E-state index in [0.29, 0.717) is 22.5 Å². The molecule has 1 aromatic heterocycles. The Labute approximate surface area is 161 Å². The molecule has 4 N–H and O–H groups in total. The van der Waals surface area contributed by atoms with Crippen molar-refractivity contribution in [2.24, 2.45) is 5.41 Å². The van der Waals surface area contributed by atoms with Crippen LogP contribution in [0.5, 0.6) is 0 Å². The van der Waals surface area contributed by atoms with Crippen molar-refractivity contribution in [2.75, 3.05) is 23.8 Å². The van der Waals surface area contributed by atoms with E-state index in [4.69, 9.17) is 5.11 Å². The van der Waals surface area contributed by atoms with Crippen LogP contribution in [0.4, 0.5) is 10.7 Å². The molecule has 1 aromatic carbocycles. The van der Waals surface area contributed by atoms with E-state index < -0.39 is 5.97 Å². The molecular formula is C20H22N2O4S. The van der Waals surface area contributed by atoms with Crippen molar-refractivity contribution in [1.82, 2.24) is 0 Å². The van der Waals surface area contributed by atoms with E-state index in [0.717, 1.165) is 35.4 Å². The van der Waals surface area contributed by atoms with Gasteiger partial charge in [0.2, 0.25) is 0 Å². The molecule has 142 valence electrons. The number of hydrogen-bond acceptors (Lipinski definition) is 5. The van der Waals surface area contributed by atoms with Crippen molar-refractivity contribution in [3.8, 4) is 0 Å². The first-order chi connectivity index (χ1) is 13.0. The van der Waals surface area contributed by atoms with E-state index in [1.54, 1.807) is 24.3 Å². The fourth-order valence-corrected chi connectivity index (χ4v) is 5.18. The Bertz CT molecular complexity index is 884. The number of thiophene rings is 1. The number of fused-ring (bicyclic) bond motifs is 1. The molecule has 2 aromatic rings. The van der Waals surface area contributed by atoms with Gasteiger partial charge in [-0.3, -0.25) is 4.79 Å². The number of hydrogen-bond donors (Lipinski definition) is 4. The van der Waals surface area contributed by atoms with Gasteiger partial charge in [-0.25, -0.2) is 4.79 Å². The lowest BCUT2D eigenvalue weighted by Crippen LogP contribution is -2.16. The van der Waals surface area contributed by atoms with Crippen molar-refractivity contribution in [1.29, 1.82) is 0 Å². The Balaban J connectivity index is 1.54. The number of amides is 1. The van der Waals surface area contributed by atoms with Gasteiger partial charge in [0.25, 0.3) is 5.91 Å². The van der Waals surface area contributed by atoms with E-state index in [2.05, 4.69) is 10.6 Å². The molecule has 1 spiro atoms. The number of carbonyl (C=O) groups is 2. The number of carbonyl (C=O) groups excluding carboxylic acids is 1. The van der Waals surface area contributed by atoms with Gasteiger partial charge in [-0.1, -0.05) is 0 Å². The summed E-state index contributed by atoms with van der Waals surface area (Å²) in [7, 11) is 0. The number of nitrogens with one attached hydrogen (secondary N) is 2. The van der Waals surface area contributed by atoms with Gasteiger partial charge >= 0.3 is 5.97 Å². The Morgan fingerprint density at radius 1 is 1.15 bits per heavy atom. The molecule has 1 fully saturated rings. The number of aliphatic hydroxyl groups excluding tert-OH is 1. The summed E-state index contributed by atoms with van der Waals surface area (Å²) in [6.07, 6.45) is 5.23. The molecule has 2 aliphatic rings. The molecule has 0 bridgehead atoms. The Kier molecular flexibility index (Phi) is 4.65. The van der Waals surface area contributed by atoms with Gasteiger partial charge in [-0.05, 0) is 67.3 Å². The Morgan fingerprint density at radius 3 is 2.52 bits per heavy atom. The third-order valence-corrected chi connectivity index (χ3v) is 6.67. The average Bonchev–Trinajstić information content (AvgIpc) is 3.30. The van der Waals surface area contributed by atoms with E-state index in [-0.39, 0.29) is 18.1 Å². The van der Waals surface area contributed by atoms with Crippen LogP contribution in [0.1, 0.15) is 50.4 Å². The maximum Gasteiger partial charge on any atom is 0.339 e. The molecule has 1 heterocycles. The molecule has 27 heavy (non-hydrogen) atoms. The predicted molar refractivity (Wildman–Crippen MR) is 105 cm³/mol. The normalized spacial score (nSPS) is 16.6. The molecule has 0 aliphatic heterocycles. The number of rotatable bonds is 6. The summed E-state index contributed by atoms with van der Waals surface area (Å²) in [6.45, 7) is 0.473. The summed E-state index contributed by atoms with van der Waals surface area (Å²) >= 11 is 1.42. The molecule has 0 unspecified atom stereocenters. The molecule has 6 nitrogen and oxygen atoms in total. The van der Waals surface area contributed by atoms with Gasteiger partial charge in [0.1, 0.15) is 5.00 Å². The third kappa shape index (κ3) is 3.57. The topological polar surface area (TPSA) is 98.7 Å². The minimum absolute atomic E-state index is 0.0323. The highest BCUT2D eigenvalue weighted by atomic mass is 32.1. The first-order valence-electron chi connectivity index (χ1n) is 9.15. The van der Waals surface area contributed by atoms with Gasteiger partial charge in [0, 0.05) is 22.7 Å². The molecule has 4 rings (SSSR count). The number of anilines is 2. The van der Waals surface area contributed by atoms with E-state index in [9.17, 15) is 14.7 Å². The fourth-order valence-electron chi connectivity index (χ4n) is 3.77.